The van der Waals surface area contributed by atoms with Crippen molar-refractivity contribution in [3.8, 4) is 0 Å². The molecule has 0 aliphatic carbocycles. The minimum Gasteiger partial charge on any atom is -0.352 e. The maximum atomic E-state index is 14.3. The summed E-state index contributed by atoms with van der Waals surface area (Å²) in [6.45, 7) is 4.59. The first-order chi connectivity index (χ1) is 10.4. The SMILES string of the molecule is CN1c2ccccc2N2Cc3c(F)cc(F)cc3C(C)(C)C12. The minimum absolute atomic E-state index is 0.0543. The van der Waals surface area contributed by atoms with Crippen molar-refractivity contribution in [2.45, 2.75) is 32.0 Å². The lowest BCUT2D eigenvalue weighted by atomic mass is 9.75. The van der Waals surface area contributed by atoms with E-state index in [-0.39, 0.29) is 11.6 Å². The number of likely N-dealkylation sites (N-methyl/N-ethyl adjacent to an activating group) is 1. The Bertz CT molecular complexity index is 770. The van der Waals surface area contributed by atoms with Gasteiger partial charge in [-0.05, 0) is 23.8 Å². The van der Waals surface area contributed by atoms with E-state index in [1.807, 2.05) is 19.2 Å². The zero-order valence-electron chi connectivity index (χ0n) is 12.9. The van der Waals surface area contributed by atoms with Gasteiger partial charge in [0.2, 0.25) is 0 Å². The molecule has 2 aliphatic rings. The summed E-state index contributed by atoms with van der Waals surface area (Å²) in [5, 5.41) is 0. The highest BCUT2D eigenvalue weighted by atomic mass is 19.1. The second-order valence-corrected chi connectivity index (χ2v) is 6.74. The zero-order valence-corrected chi connectivity index (χ0v) is 12.9. The van der Waals surface area contributed by atoms with Crippen molar-refractivity contribution in [3.63, 3.8) is 0 Å². The molecule has 1 unspecified atom stereocenters. The highest BCUT2D eigenvalue weighted by Gasteiger charge is 2.49. The summed E-state index contributed by atoms with van der Waals surface area (Å²) >= 11 is 0. The molecule has 2 heterocycles. The van der Waals surface area contributed by atoms with Crippen LogP contribution in [0.2, 0.25) is 0 Å². The van der Waals surface area contributed by atoms with E-state index in [1.54, 1.807) is 0 Å². The summed E-state index contributed by atoms with van der Waals surface area (Å²) in [7, 11) is 2.05. The Kier molecular flexibility index (Phi) is 2.60. The number of hydrogen-bond acceptors (Lipinski definition) is 2. The topological polar surface area (TPSA) is 6.48 Å². The van der Waals surface area contributed by atoms with Crippen molar-refractivity contribution in [1.29, 1.82) is 0 Å². The zero-order chi connectivity index (χ0) is 15.6. The second kappa shape index (κ2) is 4.22. The predicted molar refractivity (Wildman–Crippen MR) is 84.2 cm³/mol. The number of hydrogen-bond donors (Lipinski definition) is 0. The quantitative estimate of drug-likeness (QED) is 0.724. The van der Waals surface area contributed by atoms with Gasteiger partial charge in [-0.15, -0.1) is 0 Å². The third-order valence-corrected chi connectivity index (χ3v) is 5.06. The minimum atomic E-state index is -0.504. The van der Waals surface area contributed by atoms with Crippen molar-refractivity contribution in [1.82, 2.24) is 0 Å². The first-order valence-corrected chi connectivity index (χ1v) is 7.48. The summed E-state index contributed by atoms with van der Waals surface area (Å²) < 4.78 is 28.1. The summed E-state index contributed by atoms with van der Waals surface area (Å²) in [6, 6.07) is 10.6. The molecule has 0 radical (unpaired) electrons. The Morgan fingerprint density at radius 3 is 2.50 bits per heavy atom. The number of para-hydroxylation sites is 2. The average Bonchev–Trinajstić information content (AvgIpc) is 2.75. The third kappa shape index (κ3) is 1.58. The third-order valence-electron chi connectivity index (χ3n) is 5.06. The summed E-state index contributed by atoms with van der Waals surface area (Å²) in [5.74, 6) is -0.954. The van der Waals surface area contributed by atoms with Crippen LogP contribution in [0.3, 0.4) is 0 Å². The lowest BCUT2D eigenvalue weighted by Crippen LogP contribution is -2.56. The molecule has 0 bridgehead atoms. The number of nitrogens with zero attached hydrogens (tertiary/aromatic N) is 2. The molecule has 4 rings (SSSR count). The molecule has 0 spiro atoms. The molecular weight excluding hydrogens is 282 g/mol. The van der Waals surface area contributed by atoms with E-state index in [1.165, 1.54) is 6.07 Å². The normalized spacial score (nSPS) is 21.4. The van der Waals surface area contributed by atoms with Crippen LogP contribution in [0, 0.1) is 11.6 Å². The molecular formula is C18H18F2N2. The molecule has 22 heavy (non-hydrogen) atoms. The molecule has 0 saturated heterocycles. The van der Waals surface area contributed by atoms with Crippen LogP contribution in [0.5, 0.6) is 0 Å². The molecule has 2 aromatic carbocycles. The van der Waals surface area contributed by atoms with Gasteiger partial charge in [0.25, 0.3) is 0 Å². The number of halogens is 2. The number of rotatable bonds is 0. The molecule has 4 heteroatoms. The highest BCUT2D eigenvalue weighted by Crippen LogP contribution is 2.50. The summed E-state index contributed by atoms with van der Waals surface area (Å²) in [4.78, 5) is 4.43. The molecule has 2 nitrogen and oxygen atoms in total. The van der Waals surface area contributed by atoms with E-state index >= 15 is 0 Å². The van der Waals surface area contributed by atoms with Crippen LogP contribution >= 0.6 is 0 Å². The van der Waals surface area contributed by atoms with Crippen LogP contribution in [0.15, 0.2) is 36.4 Å². The van der Waals surface area contributed by atoms with E-state index < -0.39 is 11.6 Å². The first-order valence-electron chi connectivity index (χ1n) is 7.48. The highest BCUT2D eigenvalue weighted by molar-refractivity contribution is 5.79. The first kappa shape index (κ1) is 13.6. The Balaban J connectivity index is 1.95. The maximum Gasteiger partial charge on any atom is 0.131 e. The summed E-state index contributed by atoms with van der Waals surface area (Å²) in [6.07, 6.45) is 0.0543. The van der Waals surface area contributed by atoms with E-state index in [0.29, 0.717) is 12.1 Å². The van der Waals surface area contributed by atoms with Gasteiger partial charge in [0.1, 0.15) is 17.8 Å². The van der Waals surface area contributed by atoms with Crippen molar-refractivity contribution in [2.75, 3.05) is 16.8 Å². The molecule has 2 aliphatic heterocycles. The lowest BCUT2D eigenvalue weighted by Gasteiger charge is -2.47. The van der Waals surface area contributed by atoms with Crippen LogP contribution in [-0.2, 0) is 12.0 Å². The fourth-order valence-corrected chi connectivity index (χ4v) is 4.17. The van der Waals surface area contributed by atoms with Crippen molar-refractivity contribution >= 4 is 11.4 Å². The van der Waals surface area contributed by atoms with Crippen LogP contribution in [-0.4, -0.2) is 13.2 Å². The van der Waals surface area contributed by atoms with E-state index in [4.69, 9.17) is 0 Å². The molecule has 0 saturated carbocycles. The van der Waals surface area contributed by atoms with Crippen LogP contribution < -0.4 is 9.80 Å². The molecule has 1 atom stereocenters. The van der Waals surface area contributed by atoms with Crippen LogP contribution in [0.1, 0.15) is 25.0 Å². The van der Waals surface area contributed by atoms with E-state index in [0.717, 1.165) is 23.0 Å². The van der Waals surface area contributed by atoms with Gasteiger partial charge in [-0.3, -0.25) is 0 Å². The van der Waals surface area contributed by atoms with Gasteiger partial charge >= 0.3 is 0 Å². The van der Waals surface area contributed by atoms with Crippen LogP contribution in [0.25, 0.3) is 0 Å². The Labute approximate surface area is 129 Å². The van der Waals surface area contributed by atoms with E-state index in [9.17, 15) is 8.78 Å². The van der Waals surface area contributed by atoms with Crippen LogP contribution in [0.4, 0.5) is 20.2 Å². The average molecular weight is 300 g/mol. The van der Waals surface area contributed by atoms with Gasteiger partial charge in [-0.1, -0.05) is 26.0 Å². The van der Waals surface area contributed by atoms with Gasteiger partial charge in [-0.2, -0.15) is 0 Å². The molecule has 0 aromatic heterocycles. The molecule has 0 amide bonds. The van der Waals surface area contributed by atoms with Crippen molar-refractivity contribution in [3.05, 3.63) is 59.2 Å². The number of anilines is 2. The van der Waals surface area contributed by atoms with E-state index in [2.05, 4.69) is 35.8 Å². The molecule has 0 N–H and O–H groups in total. The molecule has 0 fully saturated rings. The number of benzene rings is 2. The van der Waals surface area contributed by atoms with Gasteiger partial charge in [0, 0.05) is 30.6 Å². The van der Waals surface area contributed by atoms with Gasteiger partial charge in [0.05, 0.1) is 11.4 Å². The fourth-order valence-electron chi connectivity index (χ4n) is 4.17. The van der Waals surface area contributed by atoms with Crippen molar-refractivity contribution < 1.29 is 8.78 Å². The van der Waals surface area contributed by atoms with Gasteiger partial charge < -0.3 is 9.80 Å². The largest absolute Gasteiger partial charge is 0.352 e. The molecule has 114 valence electrons. The standard InChI is InChI=1S/C18H18F2N2/c1-18(2)13-8-11(19)9-14(20)12(13)10-22-16-7-5-4-6-15(16)21(3)17(18)22/h4-9,17H,10H2,1-3H3. The monoisotopic (exact) mass is 300 g/mol. The maximum absolute atomic E-state index is 14.3. The predicted octanol–water partition coefficient (Wildman–Crippen LogP) is 4.04. The lowest BCUT2D eigenvalue weighted by molar-refractivity contribution is 0.357. The second-order valence-electron chi connectivity index (χ2n) is 6.74. The van der Waals surface area contributed by atoms with Crippen molar-refractivity contribution in [2.24, 2.45) is 0 Å². The van der Waals surface area contributed by atoms with Gasteiger partial charge in [0.15, 0.2) is 0 Å². The van der Waals surface area contributed by atoms with Gasteiger partial charge in [-0.25, -0.2) is 8.78 Å². The summed E-state index contributed by atoms with van der Waals surface area (Å²) in [5.41, 5.74) is 3.23. The Morgan fingerprint density at radius 1 is 1.09 bits per heavy atom. The number of fused-ring (bicyclic) bond motifs is 4. The smallest absolute Gasteiger partial charge is 0.131 e. The fraction of sp³-hybridized carbons (Fsp3) is 0.333. The Morgan fingerprint density at radius 2 is 1.77 bits per heavy atom. The molecule has 2 aromatic rings. The Hall–Kier alpha value is -2.10.